The number of carbonyl (C=O) groups is 1. The SMILES string of the molecule is CCn1c(C(OC)(c2ccccc2)c2ccccc2)nc2ccc(C(=O)NCC(F)(F)C#N)cc21. The molecule has 1 amide bonds. The molecule has 0 bridgehead atoms. The first-order valence-electron chi connectivity index (χ1n) is 11.1. The molecule has 0 spiro atoms. The molecule has 0 radical (unpaired) electrons. The van der Waals surface area contributed by atoms with Crippen molar-refractivity contribution in [2.45, 2.75) is 25.0 Å². The standard InChI is InChI=1S/C27H24F2N4O2/c1-3-33-23-16-19(24(34)31-18-26(28,29)17-30)14-15-22(23)32-25(33)27(35-2,20-10-6-4-7-11-20)21-12-8-5-9-13-21/h4-16H,3,18H2,1-2H3,(H,31,34). The van der Waals surface area contributed by atoms with Gasteiger partial charge in [-0.25, -0.2) is 4.98 Å². The summed E-state index contributed by atoms with van der Waals surface area (Å²) in [6, 6.07) is 25.2. The fourth-order valence-electron chi connectivity index (χ4n) is 4.28. The smallest absolute Gasteiger partial charge is 0.348 e. The first-order valence-corrected chi connectivity index (χ1v) is 11.1. The number of nitrogens with zero attached hydrogens (tertiary/aromatic N) is 3. The Balaban J connectivity index is 1.88. The average Bonchev–Trinajstić information content (AvgIpc) is 3.27. The highest BCUT2D eigenvalue weighted by atomic mass is 19.3. The highest BCUT2D eigenvalue weighted by Gasteiger charge is 2.41. The van der Waals surface area contributed by atoms with E-state index in [-0.39, 0.29) is 5.56 Å². The maximum absolute atomic E-state index is 13.3. The van der Waals surface area contributed by atoms with Crippen LogP contribution in [-0.2, 0) is 16.9 Å². The highest BCUT2D eigenvalue weighted by Crippen LogP contribution is 2.40. The molecule has 1 heterocycles. The molecule has 0 atom stereocenters. The minimum Gasteiger partial charge on any atom is -0.361 e. The Morgan fingerprint density at radius 2 is 1.66 bits per heavy atom. The molecule has 4 aromatic rings. The van der Waals surface area contributed by atoms with Crippen molar-refractivity contribution in [2.24, 2.45) is 0 Å². The number of carbonyl (C=O) groups excluding carboxylic acids is 1. The molecule has 8 heteroatoms. The van der Waals surface area contributed by atoms with Gasteiger partial charge in [0.15, 0.2) is 11.4 Å². The monoisotopic (exact) mass is 474 g/mol. The van der Waals surface area contributed by atoms with Gasteiger partial charge >= 0.3 is 5.92 Å². The predicted molar refractivity (Wildman–Crippen MR) is 128 cm³/mol. The molecule has 0 saturated carbocycles. The number of aryl methyl sites for hydroxylation is 1. The van der Waals surface area contributed by atoms with Gasteiger partial charge in [0.1, 0.15) is 6.07 Å². The summed E-state index contributed by atoms with van der Waals surface area (Å²) >= 11 is 0. The van der Waals surface area contributed by atoms with Gasteiger partial charge in [-0.3, -0.25) is 4.79 Å². The number of amides is 1. The topological polar surface area (TPSA) is 79.9 Å². The summed E-state index contributed by atoms with van der Waals surface area (Å²) in [5.41, 5.74) is 2.22. The molecule has 0 saturated heterocycles. The predicted octanol–water partition coefficient (Wildman–Crippen LogP) is 4.88. The van der Waals surface area contributed by atoms with Crippen molar-refractivity contribution >= 4 is 16.9 Å². The van der Waals surface area contributed by atoms with Gasteiger partial charge in [-0.2, -0.15) is 14.0 Å². The van der Waals surface area contributed by atoms with E-state index in [4.69, 9.17) is 15.0 Å². The van der Waals surface area contributed by atoms with Gasteiger partial charge in [-0.15, -0.1) is 0 Å². The van der Waals surface area contributed by atoms with Crippen LogP contribution in [0.25, 0.3) is 11.0 Å². The molecule has 178 valence electrons. The second-order valence-electron chi connectivity index (χ2n) is 8.00. The average molecular weight is 475 g/mol. The van der Waals surface area contributed by atoms with Gasteiger partial charge < -0.3 is 14.6 Å². The van der Waals surface area contributed by atoms with Crippen LogP contribution in [0.4, 0.5) is 8.78 Å². The third-order valence-corrected chi connectivity index (χ3v) is 5.94. The van der Waals surface area contributed by atoms with Crippen molar-refractivity contribution < 1.29 is 18.3 Å². The summed E-state index contributed by atoms with van der Waals surface area (Å²) in [5, 5.41) is 10.6. The van der Waals surface area contributed by atoms with E-state index in [0.29, 0.717) is 23.4 Å². The number of methoxy groups -OCH3 is 1. The van der Waals surface area contributed by atoms with Gasteiger partial charge in [-0.05, 0) is 36.2 Å². The lowest BCUT2D eigenvalue weighted by Gasteiger charge is -2.33. The largest absolute Gasteiger partial charge is 0.361 e. The Labute approximate surface area is 201 Å². The first kappa shape index (κ1) is 24.0. The zero-order valence-electron chi connectivity index (χ0n) is 19.3. The normalized spacial score (nSPS) is 11.9. The van der Waals surface area contributed by atoms with Crippen molar-refractivity contribution in [1.82, 2.24) is 14.9 Å². The van der Waals surface area contributed by atoms with Crippen LogP contribution in [-0.4, -0.2) is 35.0 Å². The van der Waals surface area contributed by atoms with E-state index in [2.05, 4.69) is 5.32 Å². The third kappa shape index (κ3) is 4.38. The maximum atomic E-state index is 13.3. The molecule has 0 fully saturated rings. The number of hydrogen-bond acceptors (Lipinski definition) is 4. The van der Waals surface area contributed by atoms with Crippen LogP contribution in [0.1, 0.15) is 34.2 Å². The van der Waals surface area contributed by atoms with Crippen molar-refractivity contribution in [1.29, 1.82) is 5.26 Å². The Morgan fingerprint density at radius 3 is 2.17 bits per heavy atom. The first-order chi connectivity index (χ1) is 16.9. The minimum absolute atomic E-state index is 0.190. The van der Waals surface area contributed by atoms with E-state index >= 15 is 0 Å². The van der Waals surface area contributed by atoms with E-state index in [9.17, 15) is 13.6 Å². The lowest BCUT2D eigenvalue weighted by Crippen LogP contribution is -2.35. The van der Waals surface area contributed by atoms with Crippen LogP contribution < -0.4 is 5.32 Å². The fourth-order valence-corrected chi connectivity index (χ4v) is 4.28. The zero-order valence-corrected chi connectivity index (χ0v) is 19.3. The number of imidazole rings is 1. The molecular weight excluding hydrogens is 450 g/mol. The van der Waals surface area contributed by atoms with Crippen molar-refractivity contribution in [2.75, 3.05) is 13.7 Å². The van der Waals surface area contributed by atoms with Crippen LogP contribution in [0.2, 0.25) is 0 Å². The highest BCUT2D eigenvalue weighted by molar-refractivity contribution is 5.97. The molecule has 0 aliphatic heterocycles. The molecule has 0 aliphatic rings. The van der Waals surface area contributed by atoms with Crippen LogP contribution in [0.3, 0.4) is 0 Å². The number of ether oxygens (including phenoxy) is 1. The third-order valence-electron chi connectivity index (χ3n) is 5.94. The Kier molecular flexibility index (Phi) is 6.63. The van der Waals surface area contributed by atoms with Crippen LogP contribution in [0.5, 0.6) is 0 Å². The molecular formula is C27H24F2N4O2. The lowest BCUT2D eigenvalue weighted by molar-refractivity contribution is 0.0482. The molecule has 0 unspecified atom stereocenters. The number of hydrogen-bond donors (Lipinski definition) is 1. The second kappa shape index (κ2) is 9.65. The summed E-state index contributed by atoms with van der Waals surface area (Å²) in [5.74, 6) is -3.71. The number of rotatable bonds is 8. The van der Waals surface area contributed by atoms with Crippen LogP contribution >= 0.6 is 0 Å². The molecule has 1 N–H and O–H groups in total. The molecule has 6 nitrogen and oxygen atoms in total. The Hall–Kier alpha value is -4.09. The summed E-state index contributed by atoms with van der Waals surface area (Å²) in [4.78, 5) is 17.5. The van der Waals surface area contributed by atoms with Crippen molar-refractivity contribution in [3.8, 4) is 6.07 Å². The van der Waals surface area contributed by atoms with Crippen molar-refractivity contribution in [3.63, 3.8) is 0 Å². The molecule has 3 aromatic carbocycles. The lowest BCUT2D eigenvalue weighted by atomic mass is 9.85. The van der Waals surface area contributed by atoms with E-state index in [1.54, 1.807) is 19.2 Å². The maximum Gasteiger partial charge on any atom is 0.348 e. The number of nitrogens with one attached hydrogen (secondary N) is 1. The van der Waals surface area contributed by atoms with Gasteiger partial charge in [-0.1, -0.05) is 60.7 Å². The van der Waals surface area contributed by atoms with Gasteiger partial charge in [0, 0.05) is 19.2 Å². The number of fused-ring (bicyclic) bond motifs is 1. The van der Waals surface area contributed by atoms with Crippen molar-refractivity contribution in [3.05, 3.63) is 101 Å². The summed E-state index contributed by atoms with van der Waals surface area (Å²) < 4.78 is 34.8. The van der Waals surface area contributed by atoms with E-state index in [1.807, 2.05) is 72.2 Å². The molecule has 4 rings (SSSR count). The molecule has 35 heavy (non-hydrogen) atoms. The van der Waals surface area contributed by atoms with E-state index in [1.165, 1.54) is 6.07 Å². The number of halogens is 2. The van der Waals surface area contributed by atoms with E-state index < -0.39 is 24.0 Å². The fraction of sp³-hybridized carbons (Fsp3) is 0.222. The molecule has 1 aromatic heterocycles. The Bertz CT molecular complexity index is 1340. The Morgan fingerprint density at radius 1 is 1.06 bits per heavy atom. The summed E-state index contributed by atoms with van der Waals surface area (Å²) in [6.07, 6.45) is 0. The van der Waals surface area contributed by atoms with Gasteiger partial charge in [0.25, 0.3) is 5.91 Å². The quantitative estimate of drug-likeness (QED) is 0.395. The second-order valence-corrected chi connectivity index (χ2v) is 8.00. The van der Waals surface area contributed by atoms with Gasteiger partial charge in [0.2, 0.25) is 0 Å². The minimum atomic E-state index is -3.64. The van der Waals surface area contributed by atoms with Gasteiger partial charge in [0.05, 0.1) is 17.6 Å². The van der Waals surface area contributed by atoms with E-state index in [0.717, 1.165) is 17.2 Å². The van der Waals surface area contributed by atoms with Crippen LogP contribution in [0.15, 0.2) is 78.9 Å². The number of aromatic nitrogens is 2. The summed E-state index contributed by atoms with van der Waals surface area (Å²) in [6.45, 7) is 1.42. The molecule has 0 aliphatic carbocycles. The summed E-state index contributed by atoms with van der Waals surface area (Å²) in [7, 11) is 1.63. The zero-order chi connectivity index (χ0) is 25.1. The number of alkyl halides is 2. The number of nitriles is 1. The van der Waals surface area contributed by atoms with Crippen LogP contribution in [0, 0.1) is 11.3 Å². The number of benzene rings is 3.